The number of carbonyl (C=O) groups is 1. The maximum atomic E-state index is 15.6. The van der Waals surface area contributed by atoms with Crippen molar-refractivity contribution in [3.8, 4) is 21.8 Å². The molecule has 1 aliphatic rings. The molecule has 5 rings (SSSR count). The molecule has 11 nitrogen and oxygen atoms in total. The predicted octanol–water partition coefficient (Wildman–Crippen LogP) is 5.58. The lowest BCUT2D eigenvalue weighted by atomic mass is 10.1. The Hall–Kier alpha value is -4.26. The Morgan fingerprint density at radius 1 is 1.15 bits per heavy atom. The van der Waals surface area contributed by atoms with Gasteiger partial charge in [0.25, 0.3) is 0 Å². The molecule has 47 heavy (non-hydrogen) atoms. The molecule has 4 N–H and O–H groups in total. The highest BCUT2D eigenvalue weighted by atomic mass is 32.2. The zero-order valence-electron chi connectivity index (χ0n) is 25.4. The Morgan fingerprint density at radius 3 is 2.49 bits per heavy atom. The molecule has 2 aromatic carbocycles. The van der Waals surface area contributed by atoms with Gasteiger partial charge in [0.05, 0.1) is 32.6 Å². The van der Waals surface area contributed by atoms with E-state index in [1.165, 1.54) is 17.4 Å². The second-order valence-corrected chi connectivity index (χ2v) is 12.5. The molecule has 0 spiro atoms. The molecular weight excluding hydrogens is 667 g/mol. The van der Waals surface area contributed by atoms with E-state index < -0.39 is 29.1 Å². The van der Waals surface area contributed by atoms with Crippen molar-refractivity contribution in [2.75, 3.05) is 54.7 Å². The topological polar surface area (TPSA) is 136 Å². The van der Waals surface area contributed by atoms with Gasteiger partial charge in [-0.05, 0) is 43.3 Å². The third-order valence-corrected chi connectivity index (χ3v) is 8.92. The van der Waals surface area contributed by atoms with Crippen LogP contribution in [0, 0.1) is 18.6 Å². The second kappa shape index (κ2) is 15.6. The molecule has 1 atom stereocenters. The van der Waals surface area contributed by atoms with E-state index in [1.54, 1.807) is 53.9 Å². The summed E-state index contributed by atoms with van der Waals surface area (Å²) < 4.78 is 79.0. The molecule has 3 heterocycles. The number of alkyl halides is 3. The highest BCUT2D eigenvalue weighted by Gasteiger charge is 2.38. The van der Waals surface area contributed by atoms with Gasteiger partial charge in [0.15, 0.2) is 17.0 Å². The number of piperazine rings is 1. The lowest BCUT2D eigenvalue weighted by Gasteiger charge is -2.29. The number of nitrogens with one attached hydrogen (secondary N) is 3. The van der Waals surface area contributed by atoms with Gasteiger partial charge in [0.1, 0.15) is 5.82 Å². The van der Waals surface area contributed by atoms with Crippen molar-refractivity contribution < 1.29 is 36.1 Å². The first-order valence-electron chi connectivity index (χ1n) is 14.1. The number of carboxylic acid groups (broad SMARTS) is 1. The number of nitrogens with zero attached hydrogens (tertiary/aromatic N) is 5. The standard InChI is InChI=1S/C27H30F2N8OS2.C2HF3O2/c1-4-36(3)40(38)35-21-7-5-6-19(24(21)29)25-26(39-17(2)32-25)22-10-11-31-27(34-22)33-18-8-9-23(20(28)16-18)37-14-12-30-13-15-37;3-2(4,5)1(6)7/h5-11,16,30,35H,4,12-15H2,1-3H3,(H,31,33,34);(H,6,7). The van der Waals surface area contributed by atoms with Crippen molar-refractivity contribution >= 4 is 51.5 Å². The molecule has 0 aliphatic carbocycles. The SMILES string of the molecule is CCN(C)S(=O)Nc1cccc(-c2nc(C)sc2-c2ccnc(Nc3ccc(N4CCNCC4)c(F)c3)n2)c1F.O=C(O)C(F)(F)F. The van der Waals surface area contributed by atoms with E-state index in [9.17, 15) is 21.8 Å². The number of thiazole rings is 1. The molecule has 0 radical (unpaired) electrons. The van der Waals surface area contributed by atoms with Crippen LogP contribution in [0.15, 0.2) is 48.7 Å². The van der Waals surface area contributed by atoms with Gasteiger partial charge >= 0.3 is 12.1 Å². The first-order chi connectivity index (χ1) is 22.3. The number of aryl methyl sites for hydroxylation is 1. The van der Waals surface area contributed by atoms with Crippen LogP contribution >= 0.6 is 11.3 Å². The Balaban J connectivity index is 0.000000644. The van der Waals surface area contributed by atoms with Crippen LogP contribution in [0.4, 0.5) is 45.0 Å². The van der Waals surface area contributed by atoms with Gasteiger partial charge in [-0.25, -0.2) is 37.0 Å². The molecule has 2 aromatic heterocycles. The van der Waals surface area contributed by atoms with E-state index in [0.717, 1.165) is 31.2 Å². The third-order valence-electron chi connectivity index (χ3n) is 6.71. The number of hydrogen-bond donors (Lipinski definition) is 4. The van der Waals surface area contributed by atoms with Gasteiger partial charge in [0, 0.05) is 57.2 Å². The molecule has 1 fully saturated rings. The lowest BCUT2D eigenvalue weighted by molar-refractivity contribution is -0.192. The number of halogens is 5. The fraction of sp³-hybridized carbons (Fsp3) is 0.310. The van der Waals surface area contributed by atoms with Crippen LogP contribution in [0.3, 0.4) is 0 Å². The van der Waals surface area contributed by atoms with Crippen molar-refractivity contribution in [2.24, 2.45) is 0 Å². The number of rotatable bonds is 9. The minimum absolute atomic E-state index is 0.115. The Morgan fingerprint density at radius 2 is 1.85 bits per heavy atom. The number of aliphatic carboxylic acids is 1. The molecule has 0 amide bonds. The fourth-order valence-corrected chi connectivity index (χ4v) is 5.93. The third kappa shape index (κ3) is 9.18. The largest absolute Gasteiger partial charge is 0.490 e. The smallest absolute Gasteiger partial charge is 0.475 e. The van der Waals surface area contributed by atoms with Crippen molar-refractivity contribution in [2.45, 2.75) is 20.0 Å². The average Bonchev–Trinajstić information content (AvgIpc) is 3.43. The summed E-state index contributed by atoms with van der Waals surface area (Å²) >= 11 is -0.211. The van der Waals surface area contributed by atoms with E-state index in [0.29, 0.717) is 34.2 Å². The van der Waals surface area contributed by atoms with Gasteiger partial charge < -0.3 is 20.6 Å². The maximum Gasteiger partial charge on any atom is 0.490 e. The average molecular weight is 699 g/mol. The summed E-state index contributed by atoms with van der Waals surface area (Å²) in [5.41, 5.74) is 2.43. The summed E-state index contributed by atoms with van der Waals surface area (Å²) in [6, 6.07) is 11.6. The van der Waals surface area contributed by atoms with Crippen molar-refractivity contribution in [3.63, 3.8) is 0 Å². The fourth-order valence-electron chi connectivity index (χ4n) is 4.29. The lowest BCUT2D eigenvalue weighted by Crippen LogP contribution is -2.43. The number of anilines is 4. The molecule has 0 saturated carbocycles. The van der Waals surface area contributed by atoms with Crippen molar-refractivity contribution in [1.29, 1.82) is 0 Å². The molecular formula is C29H31F5N8O3S2. The predicted molar refractivity (Wildman–Crippen MR) is 172 cm³/mol. The summed E-state index contributed by atoms with van der Waals surface area (Å²) in [5.74, 6) is -3.36. The normalized spacial score (nSPS) is 13.9. The van der Waals surface area contributed by atoms with E-state index in [4.69, 9.17) is 9.90 Å². The first kappa shape index (κ1) is 35.6. The molecule has 4 aromatic rings. The van der Waals surface area contributed by atoms with Gasteiger partial charge in [-0.3, -0.25) is 4.72 Å². The van der Waals surface area contributed by atoms with Crippen LogP contribution in [-0.2, 0) is 16.0 Å². The van der Waals surface area contributed by atoms with Crippen molar-refractivity contribution in [3.05, 3.63) is 65.3 Å². The zero-order chi connectivity index (χ0) is 34.3. The van der Waals surface area contributed by atoms with Gasteiger partial charge in [-0.1, -0.05) is 13.0 Å². The first-order valence-corrected chi connectivity index (χ1v) is 16.0. The minimum Gasteiger partial charge on any atom is -0.475 e. The second-order valence-electron chi connectivity index (χ2n) is 9.97. The Labute approximate surface area is 273 Å². The summed E-state index contributed by atoms with van der Waals surface area (Å²) in [6.45, 7) is 7.37. The Kier molecular flexibility index (Phi) is 11.8. The van der Waals surface area contributed by atoms with Gasteiger partial charge in [0.2, 0.25) is 5.95 Å². The number of carboxylic acids is 1. The Bertz CT molecular complexity index is 1730. The quantitative estimate of drug-likeness (QED) is 0.165. The zero-order valence-corrected chi connectivity index (χ0v) is 27.0. The number of hydrogen-bond acceptors (Lipinski definition) is 9. The summed E-state index contributed by atoms with van der Waals surface area (Å²) in [4.78, 5) is 25.1. The molecule has 1 unspecified atom stereocenters. The van der Waals surface area contributed by atoms with Crippen LogP contribution in [0.1, 0.15) is 11.9 Å². The monoisotopic (exact) mass is 698 g/mol. The summed E-state index contributed by atoms with van der Waals surface area (Å²) in [5, 5.41) is 14.2. The van der Waals surface area contributed by atoms with E-state index in [1.807, 2.05) is 18.7 Å². The van der Waals surface area contributed by atoms with E-state index in [2.05, 4.69) is 30.3 Å². The van der Waals surface area contributed by atoms with Crippen LogP contribution in [-0.4, -0.2) is 80.5 Å². The van der Waals surface area contributed by atoms with Crippen LogP contribution < -0.4 is 20.3 Å². The molecule has 252 valence electrons. The van der Waals surface area contributed by atoms with E-state index >= 15 is 4.39 Å². The van der Waals surface area contributed by atoms with E-state index in [-0.39, 0.29) is 23.0 Å². The molecule has 0 bridgehead atoms. The molecule has 18 heteroatoms. The van der Waals surface area contributed by atoms with Crippen molar-refractivity contribution in [1.82, 2.24) is 24.6 Å². The van der Waals surface area contributed by atoms with Crippen LogP contribution in [0.2, 0.25) is 0 Å². The molecule has 1 saturated heterocycles. The summed E-state index contributed by atoms with van der Waals surface area (Å²) in [6.07, 6.45) is -3.49. The highest BCUT2D eigenvalue weighted by Crippen LogP contribution is 2.38. The summed E-state index contributed by atoms with van der Waals surface area (Å²) in [7, 11) is 1.68. The molecule has 1 aliphatic heterocycles. The van der Waals surface area contributed by atoms with Gasteiger partial charge in [-0.15, -0.1) is 11.3 Å². The highest BCUT2D eigenvalue weighted by molar-refractivity contribution is 7.84. The van der Waals surface area contributed by atoms with Gasteiger partial charge in [-0.2, -0.15) is 13.2 Å². The van der Waals surface area contributed by atoms with Crippen LogP contribution in [0.25, 0.3) is 21.8 Å². The number of aromatic nitrogens is 3. The number of benzene rings is 2. The maximum absolute atomic E-state index is 15.6. The van der Waals surface area contributed by atoms with Crippen LogP contribution in [0.5, 0.6) is 0 Å². The minimum atomic E-state index is -5.08.